The lowest BCUT2D eigenvalue weighted by Crippen LogP contribution is -2.48. The molecule has 2 aromatic carbocycles. The van der Waals surface area contributed by atoms with Crippen molar-refractivity contribution < 1.29 is 14.6 Å². The number of amides is 1. The summed E-state index contributed by atoms with van der Waals surface area (Å²) in [7, 11) is 0. The van der Waals surface area contributed by atoms with E-state index < -0.39 is 5.72 Å². The van der Waals surface area contributed by atoms with Gasteiger partial charge in [-0.05, 0) is 36.8 Å². The Balaban J connectivity index is 1.73. The Bertz CT molecular complexity index is 1010. The molecule has 1 fully saturated rings. The number of nitriles is 1. The zero-order valence-corrected chi connectivity index (χ0v) is 17.3. The Morgan fingerprint density at radius 1 is 1.28 bits per heavy atom. The van der Waals surface area contributed by atoms with Gasteiger partial charge in [0.05, 0.1) is 29.0 Å². The maximum Gasteiger partial charge on any atom is 0.231 e. The second-order valence-corrected chi connectivity index (χ2v) is 8.33. The third kappa shape index (κ3) is 3.40. The van der Waals surface area contributed by atoms with Crippen LogP contribution in [0.1, 0.15) is 30.4 Å². The number of rotatable bonds is 4. The summed E-state index contributed by atoms with van der Waals surface area (Å²) >= 11 is 7.31. The van der Waals surface area contributed by atoms with Gasteiger partial charge in [0.15, 0.2) is 5.72 Å². The van der Waals surface area contributed by atoms with Gasteiger partial charge >= 0.3 is 0 Å². The number of carbonyl (C=O) groups excluding carboxylic acids is 1. The largest absolute Gasteiger partial charge is 0.494 e. The number of aliphatic hydroxyl groups is 1. The number of allylic oxidation sites excluding steroid dienone is 1. The molecule has 5 nitrogen and oxygen atoms in total. The molecule has 0 saturated carbocycles. The van der Waals surface area contributed by atoms with Crippen LogP contribution in [-0.2, 0) is 10.5 Å². The minimum Gasteiger partial charge on any atom is -0.494 e. The van der Waals surface area contributed by atoms with Crippen LogP contribution in [0.5, 0.6) is 5.75 Å². The normalized spacial score (nSPS) is 23.7. The Hall–Kier alpha value is -2.46. The molecule has 2 aliphatic rings. The van der Waals surface area contributed by atoms with Crippen LogP contribution in [0, 0.1) is 11.3 Å². The third-order valence-electron chi connectivity index (χ3n) is 5.21. The molecule has 1 amide bonds. The van der Waals surface area contributed by atoms with E-state index in [1.54, 1.807) is 36.4 Å². The predicted octanol–water partition coefficient (Wildman–Crippen LogP) is 4.38. The van der Waals surface area contributed by atoms with Crippen molar-refractivity contribution in [1.82, 2.24) is 4.90 Å². The summed E-state index contributed by atoms with van der Waals surface area (Å²) in [5.74, 6) is 0.416. The summed E-state index contributed by atoms with van der Waals surface area (Å²) in [4.78, 5) is 14.5. The summed E-state index contributed by atoms with van der Waals surface area (Å²) in [5.41, 5.74) is 0.468. The molecule has 4 rings (SSSR count). The fourth-order valence-corrected chi connectivity index (χ4v) is 5.29. The number of halogens is 1. The summed E-state index contributed by atoms with van der Waals surface area (Å²) in [6.45, 7) is 2.45. The minimum absolute atomic E-state index is 0.119. The van der Waals surface area contributed by atoms with Crippen molar-refractivity contribution in [2.24, 2.45) is 0 Å². The summed E-state index contributed by atoms with van der Waals surface area (Å²) in [6.07, 6.45) is 0.119. The van der Waals surface area contributed by atoms with Crippen molar-refractivity contribution in [2.45, 2.75) is 25.0 Å². The van der Waals surface area contributed by atoms with Crippen molar-refractivity contribution in [2.75, 3.05) is 12.4 Å². The Labute approximate surface area is 178 Å². The quantitative estimate of drug-likeness (QED) is 0.785. The highest BCUT2D eigenvalue weighted by Gasteiger charge is 2.51. The first-order chi connectivity index (χ1) is 14.0. The van der Waals surface area contributed by atoms with Crippen LogP contribution in [0.15, 0.2) is 59.1 Å². The van der Waals surface area contributed by atoms with E-state index in [1.165, 1.54) is 16.7 Å². The lowest BCUT2D eigenvalue weighted by Gasteiger charge is -2.38. The zero-order chi connectivity index (χ0) is 20.6. The highest BCUT2D eigenvalue weighted by atomic mass is 35.5. The number of hydrogen-bond donors (Lipinski definition) is 1. The first kappa shape index (κ1) is 19.8. The van der Waals surface area contributed by atoms with Crippen LogP contribution in [0.25, 0.3) is 0 Å². The molecular weight excluding hydrogens is 408 g/mol. The molecule has 0 aliphatic carbocycles. The molecule has 7 heteroatoms. The van der Waals surface area contributed by atoms with E-state index in [9.17, 15) is 15.2 Å². The number of hydrogen-bond acceptors (Lipinski definition) is 5. The number of nitrogens with zero attached hydrogens (tertiary/aromatic N) is 2. The summed E-state index contributed by atoms with van der Waals surface area (Å²) in [5, 5.41) is 22.4. The van der Waals surface area contributed by atoms with E-state index in [1.807, 2.05) is 19.1 Å². The van der Waals surface area contributed by atoms with E-state index >= 15 is 0 Å². The number of benzene rings is 2. The van der Waals surface area contributed by atoms with Gasteiger partial charge in [-0.1, -0.05) is 35.9 Å². The van der Waals surface area contributed by atoms with E-state index in [-0.39, 0.29) is 24.0 Å². The molecule has 29 heavy (non-hydrogen) atoms. The predicted molar refractivity (Wildman–Crippen MR) is 112 cm³/mol. The Morgan fingerprint density at radius 3 is 2.59 bits per heavy atom. The van der Waals surface area contributed by atoms with Gasteiger partial charge < -0.3 is 9.84 Å². The number of fused-ring (bicyclic) bond motifs is 1. The molecule has 1 N–H and O–H groups in total. The highest BCUT2D eigenvalue weighted by molar-refractivity contribution is 8.03. The molecule has 148 valence electrons. The van der Waals surface area contributed by atoms with Gasteiger partial charge in [-0.25, -0.2) is 0 Å². The van der Waals surface area contributed by atoms with Crippen LogP contribution < -0.4 is 4.74 Å². The lowest BCUT2D eigenvalue weighted by atomic mass is 9.85. The second kappa shape index (κ2) is 7.75. The van der Waals surface area contributed by atoms with Crippen LogP contribution in [0.4, 0.5) is 0 Å². The van der Waals surface area contributed by atoms with Gasteiger partial charge in [0.25, 0.3) is 0 Å². The smallest absolute Gasteiger partial charge is 0.231 e. The van der Waals surface area contributed by atoms with Crippen LogP contribution in [0.3, 0.4) is 0 Å². The molecule has 2 aliphatic heterocycles. The van der Waals surface area contributed by atoms with Gasteiger partial charge in [-0.15, -0.1) is 11.8 Å². The molecule has 1 saturated heterocycles. The van der Waals surface area contributed by atoms with E-state index in [2.05, 4.69) is 6.07 Å². The maximum atomic E-state index is 13.1. The van der Waals surface area contributed by atoms with Crippen molar-refractivity contribution in [3.05, 3.63) is 75.3 Å². The molecule has 2 heterocycles. The average Bonchev–Trinajstić information content (AvgIpc) is 3.08. The average molecular weight is 427 g/mol. The van der Waals surface area contributed by atoms with Gasteiger partial charge in [0, 0.05) is 22.9 Å². The standard InChI is InChI=1S/C22H19ClN2O3S/c1-2-28-17-9-5-15(6-10-17)22(27)13-29-21-19(12-24)18(11-20(26)25(21)22)14-3-7-16(23)8-4-14/h3-10,18,27H,2,11,13H2,1H3/t18-,22+/m0/s1. The first-order valence-corrected chi connectivity index (χ1v) is 10.7. The Kier molecular flexibility index (Phi) is 5.30. The summed E-state index contributed by atoms with van der Waals surface area (Å²) < 4.78 is 5.46. The first-order valence-electron chi connectivity index (χ1n) is 9.29. The molecule has 2 atom stereocenters. The second-order valence-electron chi connectivity index (χ2n) is 6.93. The number of carbonyl (C=O) groups is 1. The SMILES string of the molecule is CCOc1ccc([C@]2(O)CSC3=C(C#N)[C@H](c4ccc(Cl)cc4)CC(=O)N32)cc1. The zero-order valence-electron chi connectivity index (χ0n) is 15.8. The topological polar surface area (TPSA) is 73.6 Å². The van der Waals surface area contributed by atoms with Crippen molar-refractivity contribution in [3.8, 4) is 11.8 Å². The van der Waals surface area contributed by atoms with E-state index in [0.29, 0.717) is 33.5 Å². The number of thioether (sulfide) groups is 1. The van der Waals surface area contributed by atoms with Crippen molar-refractivity contribution >= 4 is 29.3 Å². The van der Waals surface area contributed by atoms with E-state index in [4.69, 9.17) is 16.3 Å². The van der Waals surface area contributed by atoms with Gasteiger partial charge in [-0.3, -0.25) is 9.69 Å². The van der Waals surface area contributed by atoms with Crippen LogP contribution in [0.2, 0.25) is 5.02 Å². The monoisotopic (exact) mass is 426 g/mol. The fraction of sp³-hybridized carbons (Fsp3) is 0.273. The third-order valence-corrected chi connectivity index (χ3v) is 6.69. The Morgan fingerprint density at radius 2 is 1.97 bits per heavy atom. The molecular formula is C22H19ClN2O3S. The molecule has 0 spiro atoms. The van der Waals surface area contributed by atoms with Gasteiger partial charge in [-0.2, -0.15) is 5.26 Å². The van der Waals surface area contributed by atoms with Crippen LogP contribution in [-0.4, -0.2) is 28.3 Å². The fourth-order valence-electron chi connectivity index (χ4n) is 3.80. The number of ether oxygens (including phenoxy) is 1. The molecule has 0 radical (unpaired) electrons. The van der Waals surface area contributed by atoms with Crippen LogP contribution >= 0.6 is 23.4 Å². The lowest BCUT2D eigenvalue weighted by molar-refractivity contribution is -0.149. The van der Waals surface area contributed by atoms with Crippen molar-refractivity contribution in [1.29, 1.82) is 5.26 Å². The maximum absolute atomic E-state index is 13.1. The van der Waals surface area contributed by atoms with Gasteiger partial charge in [0.2, 0.25) is 5.91 Å². The molecule has 0 bridgehead atoms. The molecule has 2 aromatic rings. The minimum atomic E-state index is -1.49. The van der Waals surface area contributed by atoms with Crippen molar-refractivity contribution in [3.63, 3.8) is 0 Å². The summed E-state index contributed by atoms with van der Waals surface area (Å²) in [6, 6.07) is 16.5. The highest BCUT2D eigenvalue weighted by Crippen LogP contribution is 2.51. The molecule has 0 aromatic heterocycles. The van der Waals surface area contributed by atoms with E-state index in [0.717, 1.165) is 5.56 Å². The van der Waals surface area contributed by atoms with Gasteiger partial charge in [0.1, 0.15) is 5.75 Å². The molecule has 0 unspecified atom stereocenters.